The van der Waals surface area contributed by atoms with Gasteiger partial charge in [0.15, 0.2) is 0 Å². The maximum absolute atomic E-state index is 12.2. The van der Waals surface area contributed by atoms with Crippen LogP contribution in [0.25, 0.3) is 0 Å². The Morgan fingerprint density at radius 2 is 2.05 bits per heavy atom. The fourth-order valence-corrected chi connectivity index (χ4v) is 3.70. The molecule has 0 bridgehead atoms. The Kier molecular flexibility index (Phi) is 4.79. The number of hydrogen-bond donors (Lipinski definition) is 1. The summed E-state index contributed by atoms with van der Waals surface area (Å²) in [7, 11) is -1.60. The summed E-state index contributed by atoms with van der Waals surface area (Å²) in [6.07, 6.45) is 4.10. The molecule has 1 N–H and O–H groups in total. The molecule has 0 amide bonds. The summed E-state index contributed by atoms with van der Waals surface area (Å²) >= 11 is 0. The van der Waals surface area contributed by atoms with Gasteiger partial charge >= 0.3 is 0 Å². The van der Waals surface area contributed by atoms with Crippen LogP contribution in [-0.4, -0.2) is 54.3 Å². The number of ether oxygens (including phenoxy) is 1. The van der Waals surface area contributed by atoms with E-state index in [2.05, 4.69) is 9.82 Å². The van der Waals surface area contributed by atoms with E-state index in [9.17, 15) is 8.42 Å². The van der Waals surface area contributed by atoms with Crippen LogP contribution in [0.15, 0.2) is 12.4 Å². The maximum Gasteiger partial charge on any atom is 0.279 e. The number of nitrogens with one attached hydrogen (secondary N) is 1. The standard InChI is InChI=1S/C12H22N4O3S/c1-10-7-16(8-11(2)19-10)20(17,18)14-5-4-12-6-13-15(3)9-12/h6,9-11,14H,4-5,7-8H2,1-3H3. The Hall–Kier alpha value is -0.960. The first-order chi connectivity index (χ1) is 9.37. The highest BCUT2D eigenvalue weighted by Gasteiger charge is 2.30. The number of morpholine rings is 1. The van der Waals surface area contributed by atoms with Crippen LogP contribution in [0, 0.1) is 0 Å². The predicted octanol–water partition coefficient (Wildman–Crippen LogP) is -0.0938. The quantitative estimate of drug-likeness (QED) is 0.824. The molecule has 2 rings (SSSR count). The lowest BCUT2D eigenvalue weighted by molar-refractivity contribution is -0.0443. The minimum atomic E-state index is -3.44. The molecule has 0 aromatic carbocycles. The van der Waals surface area contributed by atoms with Gasteiger partial charge in [-0.1, -0.05) is 0 Å². The second kappa shape index (κ2) is 6.21. The van der Waals surface area contributed by atoms with Crippen molar-refractivity contribution in [1.82, 2.24) is 18.8 Å². The first kappa shape index (κ1) is 15.4. The monoisotopic (exact) mass is 302 g/mol. The van der Waals surface area contributed by atoms with E-state index >= 15 is 0 Å². The number of hydrogen-bond acceptors (Lipinski definition) is 4. The highest BCUT2D eigenvalue weighted by molar-refractivity contribution is 7.87. The molecular formula is C12H22N4O3S. The Morgan fingerprint density at radius 3 is 2.60 bits per heavy atom. The molecule has 114 valence electrons. The average molecular weight is 302 g/mol. The van der Waals surface area contributed by atoms with Gasteiger partial charge in [-0.2, -0.15) is 17.8 Å². The predicted molar refractivity (Wildman–Crippen MR) is 75.4 cm³/mol. The lowest BCUT2D eigenvalue weighted by atomic mass is 10.3. The van der Waals surface area contributed by atoms with Crippen molar-refractivity contribution in [2.45, 2.75) is 32.5 Å². The van der Waals surface area contributed by atoms with Crippen molar-refractivity contribution in [2.24, 2.45) is 7.05 Å². The van der Waals surface area contributed by atoms with E-state index in [0.717, 1.165) is 5.56 Å². The highest BCUT2D eigenvalue weighted by Crippen LogP contribution is 2.13. The maximum atomic E-state index is 12.2. The molecule has 20 heavy (non-hydrogen) atoms. The minimum Gasteiger partial charge on any atom is -0.373 e. The molecule has 1 aromatic rings. The summed E-state index contributed by atoms with van der Waals surface area (Å²) in [4.78, 5) is 0. The van der Waals surface area contributed by atoms with Crippen molar-refractivity contribution < 1.29 is 13.2 Å². The molecule has 1 saturated heterocycles. The highest BCUT2D eigenvalue weighted by atomic mass is 32.2. The molecule has 0 spiro atoms. The largest absolute Gasteiger partial charge is 0.373 e. The normalized spacial score (nSPS) is 24.9. The van der Waals surface area contributed by atoms with Crippen molar-refractivity contribution >= 4 is 10.2 Å². The molecular weight excluding hydrogens is 280 g/mol. The third-order valence-electron chi connectivity index (χ3n) is 3.18. The van der Waals surface area contributed by atoms with E-state index in [1.165, 1.54) is 4.31 Å². The number of aryl methyl sites for hydroxylation is 1. The smallest absolute Gasteiger partial charge is 0.279 e. The molecule has 0 saturated carbocycles. The van der Waals surface area contributed by atoms with E-state index in [1.54, 1.807) is 10.9 Å². The molecule has 2 unspecified atom stereocenters. The third kappa shape index (κ3) is 4.02. The van der Waals surface area contributed by atoms with Crippen LogP contribution in [-0.2, 0) is 28.4 Å². The zero-order valence-electron chi connectivity index (χ0n) is 12.1. The fourth-order valence-electron chi connectivity index (χ4n) is 2.34. The molecule has 0 aliphatic carbocycles. The van der Waals surface area contributed by atoms with Gasteiger partial charge in [-0.25, -0.2) is 4.72 Å². The summed E-state index contributed by atoms with van der Waals surface area (Å²) in [6, 6.07) is 0. The van der Waals surface area contributed by atoms with Crippen LogP contribution in [0.5, 0.6) is 0 Å². The molecule has 1 aliphatic rings. The van der Waals surface area contributed by atoms with Crippen molar-refractivity contribution in [3.63, 3.8) is 0 Å². The van der Waals surface area contributed by atoms with Gasteiger partial charge in [-0.3, -0.25) is 4.68 Å². The lowest BCUT2D eigenvalue weighted by Gasteiger charge is -2.34. The molecule has 2 heterocycles. The van der Waals surface area contributed by atoms with Crippen LogP contribution in [0.3, 0.4) is 0 Å². The van der Waals surface area contributed by atoms with Gasteiger partial charge in [0.2, 0.25) is 0 Å². The minimum absolute atomic E-state index is 0.0753. The first-order valence-electron chi connectivity index (χ1n) is 6.74. The van der Waals surface area contributed by atoms with Crippen molar-refractivity contribution in [3.8, 4) is 0 Å². The van der Waals surface area contributed by atoms with E-state index in [1.807, 2.05) is 27.1 Å². The summed E-state index contributed by atoms with van der Waals surface area (Å²) < 4.78 is 35.8. The van der Waals surface area contributed by atoms with Gasteiger partial charge in [0.05, 0.1) is 18.4 Å². The summed E-state index contributed by atoms with van der Waals surface area (Å²) in [6.45, 7) is 4.93. The molecule has 1 fully saturated rings. The van der Waals surface area contributed by atoms with Crippen LogP contribution < -0.4 is 4.72 Å². The van der Waals surface area contributed by atoms with Gasteiger partial charge < -0.3 is 4.74 Å². The molecule has 2 atom stereocenters. The van der Waals surface area contributed by atoms with Gasteiger partial charge in [-0.05, 0) is 25.8 Å². The van der Waals surface area contributed by atoms with Gasteiger partial charge in [0.1, 0.15) is 0 Å². The number of rotatable bonds is 5. The second-order valence-corrected chi connectivity index (χ2v) is 7.00. The van der Waals surface area contributed by atoms with Gasteiger partial charge in [-0.15, -0.1) is 0 Å². The van der Waals surface area contributed by atoms with Crippen LogP contribution in [0.4, 0.5) is 0 Å². The van der Waals surface area contributed by atoms with Crippen LogP contribution >= 0.6 is 0 Å². The SMILES string of the molecule is CC1CN(S(=O)(=O)NCCc2cnn(C)c2)CC(C)O1. The Morgan fingerprint density at radius 1 is 1.40 bits per heavy atom. The van der Waals surface area contributed by atoms with E-state index < -0.39 is 10.2 Å². The topological polar surface area (TPSA) is 76.5 Å². The average Bonchev–Trinajstić information content (AvgIpc) is 2.73. The first-order valence-corrected chi connectivity index (χ1v) is 8.18. The molecule has 1 aliphatic heterocycles. The summed E-state index contributed by atoms with van der Waals surface area (Å²) in [5, 5.41) is 4.05. The Bertz CT molecular complexity index is 533. The van der Waals surface area contributed by atoms with Crippen molar-refractivity contribution in [2.75, 3.05) is 19.6 Å². The van der Waals surface area contributed by atoms with E-state index in [-0.39, 0.29) is 12.2 Å². The van der Waals surface area contributed by atoms with E-state index in [0.29, 0.717) is 26.1 Å². The second-order valence-electron chi connectivity index (χ2n) is 5.25. The summed E-state index contributed by atoms with van der Waals surface area (Å²) in [5.74, 6) is 0. The zero-order valence-corrected chi connectivity index (χ0v) is 12.9. The van der Waals surface area contributed by atoms with Gasteiger partial charge in [0, 0.05) is 32.9 Å². The van der Waals surface area contributed by atoms with E-state index in [4.69, 9.17) is 4.74 Å². The number of aromatic nitrogens is 2. The zero-order chi connectivity index (χ0) is 14.8. The molecule has 0 radical (unpaired) electrons. The Labute approximate surface area is 120 Å². The molecule has 8 heteroatoms. The fraction of sp³-hybridized carbons (Fsp3) is 0.750. The molecule has 1 aromatic heterocycles. The lowest BCUT2D eigenvalue weighted by Crippen LogP contribution is -2.52. The van der Waals surface area contributed by atoms with Crippen LogP contribution in [0.2, 0.25) is 0 Å². The third-order valence-corrected chi connectivity index (χ3v) is 4.73. The summed E-state index contributed by atoms with van der Waals surface area (Å²) in [5.41, 5.74) is 1.01. The number of nitrogens with zero attached hydrogens (tertiary/aromatic N) is 3. The van der Waals surface area contributed by atoms with Crippen molar-refractivity contribution in [1.29, 1.82) is 0 Å². The van der Waals surface area contributed by atoms with Gasteiger partial charge in [0.25, 0.3) is 10.2 Å². The molecule has 7 nitrogen and oxygen atoms in total. The van der Waals surface area contributed by atoms with Crippen molar-refractivity contribution in [3.05, 3.63) is 18.0 Å². The Balaban J connectivity index is 1.87. The van der Waals surface area contributed by atoms with Crippen LogP contribution in [0.1, 0.15) is 19.4 Å².